The van der Waals surface area contributed by atoms with Crippen molar-refractivity contribution in [2.45, 2.75) is 96.4 Å². The zero-order valence-corrected chi connectivity index (χ0v) is 24.1. The van der Waals surface area contributed by atoms with E-state index < -0.39 is 29.6 Å². The molecule has 0 spiro atoms. The van der Waals surface area contributed by atoms with Crippen molar-refractivity contribution in [3.63, 3.8) is 0 Å². The van der Waals surface area contributed by atoms with Gasteiger partial charge < -0.3 is 29.7 Å². The van der Waals surface area contributed by atoms with Gasteiger partial charge in [0.2, 0.25) is 0 Å². The summed E-state index contributed by atoms with van der Waals surface area (Å²) in [4.78, 5) is 47.1. The maximum Gasteiger partial charge on any atom is 0.410 e. The Bertz CT molecular complexity index is 1060. The second kappa shape index (κ2) is 11.7. The van der Waals surface area contributed by atoms with Crippen molar-refractivity contribution in [1.82, 2.24) is 14.8 Å². The zero-order chi connectivity index (χ0) is 28.5. The predicted molar refractivity (Wildman–Crippen MR) is 147 cm³/mol. The minimum absolute atomic E-state index is 0.0495. The van der Waals surface area contributed by atoms with E-state index in [1.54, 1.807) is 39.0 Å². The number of hydrogen-bond donors (Lipinski definition) is 2. The molecule has 0 radical (unpaired) electrons. The molecule has 10 nitrogen and oxygen atoms in total. The van der Waals surface area contributed by atoms with Crippen molar-refractivity contribution in [1.29, 1.82) is 0 Å². The Kier molecular flexibility index (Phi) is 8.73. The van der Waals surface area contributed by atoms with E-state index in [0.717, 1.165) is 31.2 Å². The number of piperidine rings is 1. The molecule has 2 unspecified atom stereocenters. The van der Waals surface area contributed by atoms with Crippen LogP contribution < -0.4 is 5.32 Å². The third-order valence-electron chi connectivity index (χ3n) is 7.64. The van der Waals surface area contributed by atoms with E-state index in [4.69, 9.17) is 9.47 Å². The molecule has 0 bridgehead atoms. The molecule has 2 aliphatic carbocycles. The van der Waals surface area contributed by atoms with Gasteiger partial charge in [0.25, 0.3) is 5.91 Å². The van der Waals surface area contributed by atoms with Gasteiger partial charge in [-0.25, -0.2) is 9.78 Å². The molecule has 2 saturated carbocycles. The number of methoxy groups -OCH3 is 1. The number of hydrogen-bond acceptors (Lipinski definition) is 7. The van der Waals surface area contributed by atoms with Gasteiger partial charge in [0.05, 0.1) is 23.8 Å². The SMILES string of the molecule is COC1CC(Nc2cc(C3CC3)cnc2C(=O)N(CC(C)C)C2CC(C(=O)O)CN(C(=O)OC(C)(C)C)C2)C1. The highest BCUT2D eigenvalue weighted by Crippen LogP contribution is 2.41. The van der Waals surface area contributed by atoms with E-state index in [1.165, 1.54) is 4.90 Å². The summed E-state index contributed by atoms with van der Waals surface area (Å²) in [6.07, 6.45) is 5.69. The number of carboxylic acids is 1. The minimum atomic E-state index is -0.989. The summed E-state index contributed by atoms with van der Waals surface area (Å²) in [5, 5.41) is 13.4. The summed E-state index contributed by atoms with van der Waals surface area (Å²) >= 11 is 0. The van der Waals surface area contributed by atoms with Crippen LogP contribution in [-0.4, -0.2) is 88.4 Å². The topological polar surface area (TPSA) is 121 Å². The van der Waals surface area contributed by atoms with Gasteiger partial charge in [-0.15, -0.1) is 0 Å². The van der Waals surface area contributed by atoms with Gasteiger partial charge in [0.15, 0.2) is 5.69 Å². The molecule has 0 aromatic carbocycles. The highest BCUT2D eigenvalue weighted by atomic mass is 16.6. The molecule has 2 atom stereocenters. The van der Waals surface area contributed by atoms with Crippen LogP contribution >= 0.6 is 0 Å². The van der Waals surface area contributed by atoms with Crippen molar-refractivity contribution >= 4 is 23.7 Å². The number of likely N-dealkylation sites (tertiary alicyclic amines) is 1. The number of pyridine rings is 1. The van der Waals surface area contributed by atoms with Gasteiger partial charge in [-0.1, -0.05) is 13.8 Å². The molecule has 3 aliphatic rings. The molecule has 10 heteroatoms. The van der Waals surface area contributed by atoms with Crippen LogP contribution in [-0.2, 0) is 14.3 Å². The van der Waals surface area contributed by atoms with Crippen molar-refractivity contribution in [2.24, 2.45) is 11.8 Å². The second-order valence-corrected chi connectivity index (χ2v) is 12.8. The molecule has 4 rings (SSSR count). The molecular weight excluding hydrogens is 500 g/mol. The van der Waals surface area contributed by atoms with Crippen molar-refractivity contribution in [3.8, 4) is 0 Å². The Morgan fingerprint density at radius 2 is 1.87 bits per heavy atom. The highest BCUT2D eigenvalue weighted by molar-refractivity contribution is 5.98. The molecular formula is C29H44N4O6. The minimum Gasteiger partial charge on any atom is -0.481 e. The molecule has 216 valence electrons. The van der Waals surface area contributed by atoms with Gasteiger partial charge in [0.1, 0.15) is 5.60 Å². The fourth-order valence-corrected chi connectivity index (χ4v) is 5.38. The van der Waals surface area contributed by atoms with Crippen LogP contribution in [0.5, 0.6) is 0 Å². The summed E-state index contributed by atoms with van der Waals surface area (Å²) in [5.41, 5.74) is 1.47. The number of rotatable bonds is 9. The molecule has 2 N–H and O–H groups in total. The Balaban J connectivity index is 1.62. The van der Waals surface area contributed by atoms with Gasteiger partial charge in [-0.3, -0.25) is 9.59 Å². The Hall–Kier alpha value is -2.88. The van der Waals surface area contributed by atoms with Crippen LogP contribution in [0.25, 0.3) is 0 Å². The van der Waals surface area contributed by atoms with E-state index in [9.17, 15) is 19.5 Å². The predicted octanol–water partition coefficient (Wildman–Crippen LogP) is 4.36. The molecule has 2 heterocycles. The van der Waals surface area contributed by atoms with Gasteiger partial charge in [-0.05, 0) is 76.3 Å². The molecule has 1 aromatic heterocycles. The lowest BCUT2D eigenvalue weighted by Gasteiger charge is -2.42. The normalized spacial score (nSPS) is 25.2. The average Bonchev–Trinajstić information content (AvgIpc) is 3.68. The smallest absolute Gasteiger partial charge is 0.410 e. The van der Waals surface area contributed by atoms with E-state index in [0.29, 0.717) is 23.8 Å². The van der Waals surface area contributed by atoms with Crippen molar-refractivity contribution in [3.05, 3.63) is 23.5 Å². The van der Waals surface area contributed by atoms with Gasteiger partial charge >= 0.3 is 12.1 Å². The lowest BCUT2D eigenvalue weighted by atomic mass is 9.89. The van der Waals surface area contributed by atoms with E-state index in [-0.39, 0.29) is 43.5 Å². The van der Waals surface area contributed by atoms with Crippen LogP contribution in [0.3, 0.4) is 0 Å². The first-order valence-corrected chi connectivity index (χ1v) is 14.2. The zero-order valence-electron chi connectivity index (χ0n) is 24.1. The maximum absolute atomic E-state index is 14.2. The van der Waals surface area contributed by atoms with Crippen molar-refractivity contribution in [2.75, 3.05) is 32.1 Å². The number of nitrogens with zero attached hydrogens (tertiary/aromatic N) is 3. The summed E-state index contributed by atoms with van der Waals surface area (Å²) in [5.74, 6) is -1.43. The fourth-order valence-electron chi connectivity index (χ4n) is 5.38. The molecule has 39 heavy (non-hydrogen) atoms. The number of aromatic nitrogens is 1. The number of amides is 2. The quantitative estimate of drug-likeness (QED) is 0.471. The summed E-state index contributed by atoms with van der Waals surface area (Å²) in [7, 11) is 1.71. The number of ether oxygens (including phenoxy) is 2. The summed E-state index contributed by atoms with van der Waals surface area (Å²) in [6, 6.07) is 1.77. The Morgan fingerprint density at radius 1 is 1.18 bits per heavy atom. The Morgan fingerprint density at radius 3 is 2.44 bits per heavy atom. The first kappa shape index (κ1) is 29.1. The number of nitrogens with one attached hydrogen (secondary N) is 1. The molecule has 2 amide bonds. The van der Waals surface area contributed by atoms with Crippen LogP contribution in [0.4, 0.5) is 10.5 Å². The fraction of sp³-hybridized carbons (Fsp3) is 0.724. The van der Waals surface area contributed by atoms with E-state index in [1.807, 2.05) is 13.8 Å². The largest absolute Gasteiger partial charge is 0.481 e. The monoisotopic (exact) mass is 544 g/mol. The number of anilines is 1. The number of carbonyl (C=O) groups excluding carboxylic acids is 2. The average molecular weight is 545 g/mol. The van der Waals surface area contributed by atoms with E-state index in [2.05, 4.69) is 16.4 Å². The van der Waals surface area contributed by atoms with Gasteiger partial charge in [-0.2, -0.15) is 0 Å². The lowest BCUT2D eigenvalue weighted by Crippen LogP contribution is -2.57. The third-order valence-corrected chi connectivity index (χ3v) is 7.64. The van der Waals surface area contributed by atoms with Crippen LogP contribution in [0.1, 0.15) is 88.7 Å². The molecule has 1 saturated heterocycles. The van der Waals surface area contributed by atoms with Gasteiger partial charge in [0, 0.05) is 39.0 Å². The molecule has 1 aromatic rings. The summed E-state index contributed by atoms with van der Waals surface area (Å²) < 4.78 is 11.0. The number of carbonyl (C=O) groups is 3. The molecule has 1 aliphatic heterocycles. The third kappa shape index (κ3) is 7.41. The second-order valence-electron chi connectivity index (χ2n) is 12.8. The first-order valence-electron chi connectivity index (χ1n) is 14.2. The van der Waals surface area contributed by atoms with Crippen molar-refractivity contribution < 1.29 is 29.0 Å². The lowest BCUT2D eigenvalue weighted by molar-refractivity contribution is -0.144. The number of carboxylic acid groups (broad SMARTS) is 1. The highest BCUT2D eigenvalue weighted by Gasteiger charge is 2.41. The molecule has 3 fully saturated rings. The summed E-state index contributed by atoms with van der Waals surface area (Å²) in [6.45, 7) is 10.0. The first-order chi connectivity index (χ1) is 18.3. The standard InChI is InChI=1S/C29H44N4O6/c1-17(2)14-33(22-9-20(27(35)36)15-32(16-22)28(37)39-29(3,4)5)26(34)25-24(31-21-11-23(12-21)38-6)10-19(13-30-25)18-7-8-18/h10,13,17-18,20-23,31H,7-9,11-12,14-16H2,1-6H3,(H,35,36). The Labute approximate surface area is 231 Å². The van der Waals surface area contributed by atoms with Crippen LogP contribution in [0.15, 0.2) is 12.3 Å². The number of aliphatic carboxylic acids is 1. The van der Waals surface area contributed by atoms with E-state index >= 15 is 0 Å². The van der Waals surface area contributed by atoms with Crippen LogP contribution in [0.2, 0.25) is 0 Å². The van der Waals surface area contributed by atoms with Crippen LogP contribution in [0, 0.1) is 11.8 Å². The maximum atomic E-state index is 14.2.